The third-order valence-electron chi connectivity index (χ3n) is 1.24. The molecule has 0 radical (unpaired) electrons. The topological polar surface area (TPSA) is 44.8 Å². The highest BCUT2D eigenvalue weighted by Gasteiger charge is 2.06. The van der Waals surface area contributed by atoms with Gasteiger partial charge in [-0.05, 0) is 6.92 Å². The monoisotopic (exact) mass is 192 g/mol. The van der Waals surface area contributed by atoms with Crippen molar-refractivity contribution in [2.75, 3.05) is 13.2 Å². The minimum atomic E-state index is -0.933. The SMILES string of the molecule is C=COCC(C)OCCC(=O)OF. The van der Waals surface area contributed by atoms with Gasteiger partial charge in [-0.25, -0.2) is 4.79 Å². The molecule has 0 rings (SSSR count). The molecular formula is C8H13FO4. The number of halogens is 1. The second kappa shape index (κ2) is 7.54. The molecule has 0 aromatic heterocycles. The molecule has 4 nitrogen and oxygen atoms in total. The van der Waals surface area contributed by atoms with E-state index in [-0.39, 0.29) is 19.1 Å². The van der Waals surface area contributed by atoms with Crippen LogP contribution in [0.3, 0.4) is 0 Å². The highest BCUT2D eigenvalue weighted by atomic mass is 19.3. The number of hydrogen-bond donors (Lipinski definition) is 0. The first-order valence-electron chi connectivity index (χ1n) is 3.86. The molecule has 1 unspecified atom stereocenters. The van der Waals surface area contributed by atoms with Gasteiger partial charge in [0.1, 0.15) is 6.61 Å². The summed E-state index contributed by atoms with van der Waals surface area (Å²) in [4.78, 5) is 13.2. The summed E-state index contributed by atoms with van der Waals surface area (Å²) in [5.41, 5.74) is 0. The second-order valence-corrected chi connectivity index (χ2v) is 2.38. The van der Waals surface area contributed by atoms with Gasteiger partial charge < -0.3 is 9.47 Å². The molecular weight excluding hydrogens is 179 g/mol. The zero-order valence-corrected chi connectivity index (χ0v) is 7.49. The fraction of sp³-hybridized carbons (Fsp3) is 0.625. The molecule has 0 aliphatic carbocycles. The Hall–Kier alpha value is -1.10. The van der Waals surface area contributed by atoms with Gasteiger partial charge in [-0.3, -0.25) is 4.94 Å². The van der Waals surface area contributed by atoms with Gasteiger partial charge in [-0.1, -0.05) is 6.58 Å². The Balaban J connectivity index is 3.30. The smallest absolute Gasteiger partial charge is 0.351 e. The maximum Gasteiger partial charge on any atom is 0.351 e. The van der Waals surface area contributed by atoms with Gasteiger partial charge in [0.15, 0.2) is 0 Å². The third kappa shape index (κ3) is 7.27. The Labute approximate surface area is 76.2 Å². The number of ether oxygens (including phenoxy) is 2. The molecule has 0 bridgehead atoms. The van der Waals surface area contributed by atoms with E-state index in [1.54, 1.807) is 6.92 Å². The number of carbonyl (C=O) groups is 1. The lowest BCUT2D eigenvalue weighted by molar-refractivity contribution is -0.185. The fourth-order valence-corrected chi connectivity index (χ4v) is 0.634. The van der Waals surface area contributed by atoms with Crippen molar-refractivity contribution in [3.05, 3.63) is 12.8 Å². The average Bonchev–Trinajstić information content (AvgIpc) is 2.14. The van der Waals surface area contributed by atoms with E-state index in [2.05, 4.69) is 11.5 Å². The van der Waals surface area contributed by atoms with Crippen LogP contribution in [0.25, 0.3) is 0 Å². The summed E-state index contributed by atoms with van der Waals surface area (Å²) >= 11 is 0. The van der Waals surface area contributed by atoms with Crippen LogP contribution in [-0.2, 0) is 19.2 Å². The van der Waals surface area contributed by atoms with E-state index in [9.17, 15) is 9.32 Å². The van der Waals surface area contributed by atoms with Crippen molar-refractivity contribution in [2.24, 2.45) is 0 Å². The number of hydrogen-bond acceptors (Lipinski definition) is 4. The van der Waals surface area contributed by atoms with Gasteiger partial charge in [0.25, 0.3) is 0 Å². The van der Waals surface area contributed by atoms with E-state index in [0.717, 1.165) is 0 Å². The molecule has 0 aromatic carbocycles. The minimum Gasteiger partial charge on any atom is -0.499 e. The van der Waals surface area contributed by atoms with E-state index in [0.29, 0.717) is 6.61 Å². The summed E-state index contributed by atoms with van der Waals surface area (Å²) in [6.07, 6.45) is 1.04. The van der Waals surface area contributed by atoms with Gasteiger partial charge >= 0.3 is 5.97 Å². The van der Waals surface area contributed by atoms with Gasteiger partial charge in [0.2, 0.25) is 0 Å². The van der Waals surface area contributed by atoms with Gasteiger partial charge in [-0.2, -0.15) is 0 Å². The lowest BCUT2D eigenvalue weighted by atomic mass is 10.4. The molecule has 13 heavy (non-hydrogen) atoms. The van der Waals surface area contributed by atoms with Crippen molar-refractivity contribution in [2.45, 2.75) is 19.4 Å². The highest BCUT2D eigenvalue weighted by Crippen LogP contribution is 1.95. The van der Waals surface area contributed by atoms with Crippen LogP contribution >= 0.6 is 0 Å². The lowest BCUT2D eigenvalue weighted by Gasteiger charge is -2.10. The predicted molar refractivity (Wildman–Crippen MR) is 43.4 cm³/mol. The Kier molecular flexibility index (Phi) is 6.91. The molecule has 1 atom stereocenters. The molecule has 0 aromatic rings. The van der Waals surface area contributed by atoms with E-state index < -0.39 is 5.97 Å². The van der Waals surface area contributed by atoms with Crippen LogP contribution in [0.1, 0.15) is 13.3 Å². The Morgan fingerprint density at radius 3 is 2.92 bits per heavy atom. The van der Waals surface area contributed by atoms with Crippen molar-refractivity contribution in [3.8, 4) is 0 Å². The van der Waals surface area contributed by atoms with Crippen molar-refractivity contribution in [1.82, 2.24) is 0 Å². The zero-order valence-electron chi connectivity index (χ0n) is 7.49. The predicted octanol–water partition coefficient (Wildman–Crippen LogP) is 1.37. The van der Waals surface area contributed by atoms with Crippen LogP contribution in [0.5, 0.6) is 0 Å². The maximum absolute atomic E-state index is 11.2. The molecule has 0 saturated heterocycles. The second-order valence-electron chi connectivity index (χ2n) is 2.38. The van der Waals surface area contributed by atoms with E-state index in [4.69, 9.17) is 9.47 Å². The van der Waals surface area contributed by atoms with Crippen molar-refractivity contribution in [1.29, 1.82) is 0 Å². The first-order chi connectivity index (χ1) is 6.20. The normalized spacial score (nSPS) is 11.8. The maximum atomic E-state index is 11.2. The van der Waals surface area contributed by atoms with Crippen LogP contribution in [0, 0.1) is 0 Å². The first kappa shape index (κ1) is 11.9. The van der Waals surface area contributed by atoms with E-state index in [1.807, 2.05) is 0 Å². The largest absolute Gasteiger partial charge is 0.499 e. The van der Waals surface area contributed by atoms with Gasteiger partial charge in [0.05, 0.1) is 25.4 Å². The molecule has 0 aliphatic rings. The van der Waals surface area contributed by atoms with Gasteiger partial charge in [0, 0.05) is 4.53 Å². The molecule has 5 heteroatoms. The summed E-state index contributed by atoms with van der Waals surface area (Å²) in [6.45, 7) is 5.59. The molecule has 0 amide bonds. The quantitative estimate of drug-likeness (QED) is 0.571. The molecule has 0 aliphatic heterocycles. The van der Waals surface area contributed by atoms with Crippen LogP contribution in [-0.4, -0.2) is 25.3 Å². The average molecular weight is 192 g/mol. The summed E-state index contributed by atoms with van der Waals surface area (Å²) < 4.78 is 21.1. The summed E-state index contributed by atoms with van der Waals surface area (Å²) in [7, 11) is 0. The Morgan fingerprint density at radius 2 is 2.38 bits per heavy atom. The molecule has 0 N–H and O–H groups in total. The number of carbonyl (C=O) groups excluding carboxylic acids is 1. The van der Waals surface area contributed by atoms with Crippen molar-refractivity contribution >= 4 is 5.97 Å². The third-order valence-corrected chi connectivity index (χ3v) is 1.24. The summed E-state index contributed by atoms with van der Waals surface area (Å²) in [6, 6.07) is 0. The van der Waals surface area contributed by atoms with E-state index in [1.165, 1.54) is 6.26 Å². The van der Waals surface area contributed by atoms with Crippen LogP contribution in [0.15, 0.2) is 12.8 Å². The Morgan fingerprint density at radius 1 is 1.69 bits per heavy atom. The summed E-state index contributed by atoms with van der Waals surface area (Å²) in [5, 5.41) is 0. The standard InChI is InChI=1S/C8H13FO4/c1-3-11-6-7(2)12-5-4-8(10)13-9/h3,7H,1,4-6H2,2H3. The fourth-order valence-electron chi connectivity index (χ4n) is 0.634. The molecule has 0 heterocycles. The first-order valence-corrected chi connectivity index (χ1v) is 3.86. The Bertz CT molecular complexity index is 160. The van der Waals surface area contributed by atoms with Crippen LogP contribution in [0.4, 0.5) is 4.53 Å². The van der Waals surface area contributed by atoms with Crippen LogP contribution < -0.4 is 0 Å². The van der Waals surface area contributed by atoms with Crippen LogP contribution in [0.2, 0.25) is 0 Å². The van der Waals surface area contributed by atoms with Gasteiger partial charge in [-0.15, -0.1) is 0 Å². The molecule has 0 saturated carbocycles. The zero-order chi connectivity index (χ0) is 10.1. The molecule has 76 valence electrons. The number of rotatable bonds is 7. The van der Waals surface area contributed by atoms with Crippen molar-refractivity contribution < 1.29 is 23.7 Å². The summed E-state index contributed by atoms with van der Waals surface area (Å²) in [5.74, 6) is -0.933. The lowest BCUT2D eigenvalue weighted by Crippen LogP contribution is -2.16. The van der Waals surface area contributed by atoms with Crippen molar-refractivity contribution in [3.63, 3.8) is 0 Å². The molecule has 0 fully saturated rings. The highest BCUT2D eigenvalue weighted by molar-refractivity contribution is 5.68. The minimum absolute atomic E-state index is 0.102. The van der Waals surface area contributed by atoms with E-state index >= 15 is 0 Å². The molecule has 0 spiro atoms.